The van der Waals surface area contributed by atoms with Crippen LogP contribution in [-0.2, 0) is 0 Å². The van der Waals surface area contributed by atoms with Crippen LogP contribution in [0.15, 0.2) is 53.9 Å². The first kappa shape index (κ1) is 13.1. The first-order chi connectivity index (χ1) is 9.83. The maximum Gasteiger partial charge on any atom is 0.118 e. The molecule has 0 aliphatic carbocycles. The van der Waals surface area contributed by atoms with Gasteiger partial charge in [0.15, 0.2) is 0 Å². The number of methoxy groups -OCH3 is 1. The number of nitrogens with two attached hydrogens (primary N) is 1. The Bertz CT molecular complexity index is 706. The summed E-state index contributed by atoms with van der Waals surface area (Å²) in [4.78, 5) is 0. The lowest BCUT2D eigenvalue weighted by molar-refractivity contribution is 0.414. The molecule has 2 aromatic carbocycles. The van der Waals surface area contributed by atoms with Gasteiger partial charge in [-0.05, 0) is 40.1 Å². The van der Waals surface area contributed by atoms with Gasteiger partial charge < -0.3 is 4.74 Å². The molecule has 1 atom stereocenters. The summed E-state index contributed by atoms with van der Waals surface area (Å²) in [5.74, 6) is 6.64. The number of benzene rings is 2. The number of hydrogen-bond donors (Lipinski definition) is 2. The van der Waals surface area contributed by atoms with Crippen LogP contribution in [0.25, 0.3) is 10.1 Å². The number of hydrogen-bond acceptors (Lipinski definition) is 4. The minimum Gasteiger partial charge on any atom is -0.497 e. The summed E-state index contributed by atoms with van der Waals surface area (Å²) >= 11 is 1.74. The van der Waals surface area contributed by atoms with Crippen LogP contribution in [0.5, 0.6) is 5.75 Å². The van der Waals surface area contributed by atoms with Gasteiger partial charge in [0.1, 0.15) is 5.75 Å². The summed E-state index contributed by atoms with van der Waals surface area (Å²) in [7, 11) is 1.67. The molecule has 0 aliphatic rings. The molecule has 0 radical (unpaired) electrons. The Morgan fingerprint density at radius 2 is 1.90 bits per heavy atom. The van der Waals surface area contributed by atoms with Gasteiger partial charge in [-0.1, -0.05) is 30.3 Å². The Labute approximate surface area is 122 Å². The Kier molecular flexibility index (Phi) is 3.69. The monoisotopic (exact) mass is 284 g/mol. The number of nitrogens with one attached hydrogen (secondary N) is 1. The standard InChI is InChI=1S/C16H16N2OS/c1-19-13-7-5-11(6-8-13)15(18-17)14-4-2-3-12-9-10-20-16(12)14/h2-10,15,18H,17H2,1H3. The predicted octanol–water partition coefficient (Wildman–Crippen LogP) is 3.46. The molecule has 1 unspecified atom stereocenters. The highest BCUT2D eigenvalue weighted by molar-refractivity contribution is 7.17. The first-order valence-electron chi connectivity index (χ1n) is 6.39. The zero-order valence-electron chi connectivity index (χ0n) is 11.2. The zero-order valence-corrected chi connectivity index (χ0v) is 12.0. The molecule has 0 saturated carbocycles. The molecule has 20 heavy (non-hydrogen) atoms. The minimum absolute atomic E-state index is 0.0248. The highest BCUT2D eigenvalue weighted by Gasteiger charge is 2.15. The third-order valence-electron chi connectivity index (χ3n) is 3.44. The Balaban J connectivity index is 2.06. The second kappa shape index (κ2) is 5.63. The lowest BCUT2D eigenvalue weighted by Gasteiger charge is -2.18. The van der Waals surface area contributed by atoms with Crippen LogP contribution < -0.4 is 16.0 Å². The molecule has 0 amide bonds. The van der Waals surface area contributed by atoms with E-state index in [1.807, 2.05) is 24.3 Å². The zero-order chi connectivity index (χ0) is 13.9. The van der Waals surface area contributed by atoms with Gasteiger partial charge in [-0.2, -0.15) is 0 Å². The maximum atomic E-state index is 5.79. The van der Waals surface area contributed by atoms with E-state index in [1.54, 1.807) is 18.4 Å². The second-order valence-corrected chi connectivity index (χ2v) is 5.48. The Morgan fingerprint density at radius 3 is 2.60 bits per heavy atom. The fraction of sp³-hybridized carbons (Fsp3) is 0.125. The van der Waals surface area contributed by atoms with Gasteiger partial charge in [0, 0.05) is 4.70 Å². The van der Waals surface area contributed by atoms with Gasteiger partial charge in [0.05, 0.1) is 13.2 Å². The molecule has 102 valence electrons. The van der Waals surface area contributed by atoms with E-state index < -0.39 is 0 Å². The molecule has 1 aromatic heterocycles. The van der Waals surface area contributed by atoms with Gasteiger partial charge in [0.2, 0.25) is 0 Å². The van der Waals surface area contributed by atoms with E-state index in [4.69, 9.17) is 10.6 Å². The molecule has 0 aliphatic heterocycles. The van der Waals surface area contributed by atoms with Gasteiger partial charge in [-0.3, -0.25) is 5.84 Å². The van der Waals surface area contributed by atoms with Crippen molar-refractivity contribution in [1.29, 1.82) is 0 Å². The van der Waals surface area contributed by atoms with Crippen molar-refractivity contribution in [3.63, 3.8) is 0 Å². The van der Waals surface area contributed by atoms with Crippen molar-refractivity contribution in [3.8, 4) is 5.75 Å². The average Bonchev–Trinajstić information content (AvgIpc) is 2.98. The van der Waals surface area contributed by atoms with Crippen LogP contribution in [0.1, 0.15) is 17.2 Å². The summed E-state index contributed by atoms with van der Waals surface area (Å²) in [6, 6.07) is 16.4. The molecule has 3 rings (SSSR count). The topological polar surface area (TPSA) is 47.3 Å². The second-order valence-electron chi connectivity index (χ2n) is 4.56. The van der Waals surface area contributed by atoms with E-state index in [-0.39, 0.29) is 6.04 Å². The normalized spacial score (nSPS) is 12.5. The third kappa shape index (κ3) is 2.29. The summed E-state index contributed by atoms with van der Waals surface area (Å²) in [6.07, 6.45) is 0. The van der Waals surface area contributed by atoms with Crippen molar-refractivity contribution in [2.75, 3.05) is 7.11 Å². The molecule has 3 nitrogen and oxygen atoms in total. The molecular weight excluding hydrogens is 268 g/mol. The van der Waals surface area contributed by atoms with Gasteiger partial charge in [-0.15, -0.1) is 11.3 Å². The number of thiophene rings is 1. The lowest BCUT2D eigenvalue weighted by Crippen LogP contribution is -2.28. The van der Waals surface area contributed by atoms with Crippen molar-refractivity contribution >= 4 is 21.4 Å². The van der Waals surface area contributed by atoms with E-state index in [0.717, 1.165) is 11.3 Å². The minimum atomic E-state index is -0.0248. The number of hydrazine groups is 1. The summed E-state index contributed by atoms with van der Waals surface area (Å²) in [5.41, 5.74) is 5.24. The van der Waals surface area contributed by atoms with E-state index in [2.05, 4.69) is 35.1 Å². The fourth-order valence-electron chi connectivity index (χ4n) is 2.41. The first-order valence-corrected chi connectivity index (χ1v) is 7.27. The van der Waals surface area contributed by atoms with Crippen LogP contribution in [0.2, 0.25) is 0 Å². The maximum absolute atomic E-state index is 5.79. The van der Waals surface area contributed by atoms with E-state index >= 15 is 0 Å². The quantitative estimate of drug-likeness (QED) is 0.570. The number of rotatable bonds is 4. The summed E-state index contributed by atoms with van der Waals surface area (Å²) < 4.78 is 6.47. The van der Waals surface area contributed by atoms with E-state index in [0.29, 0.717) is 0 Å². The highest BCUT2D eigenvalue weighted by Crippen LogP contribution is 2.32. The van der Waals surface area contributed by atoms with Crippen molar-refractivity contribution in [2.45, 2.75) is 6.04 Å². The predicted molar refractivity (Wildman–Crippen MR) is 84.0 cm³/mol. The van der Waals surface area contributed by atoms with Crippen LogP contribution in [0.4, 0.5) is 0 Å². The van der Waals surface area contributed by atoms with Gasteiger partial charge in [0.25, 0.3) is 0 Å². The lowest BCUT2D eigenvalue weighted by atomic mass is 9.98. The molecule has 3 aromatic rings. The Hall–Kier alpha value is -1.88. The SMILES string of the molecule is COc1ccc(C(NN)c2cccc3ccsc23)cc1. The molecule has 3 N–H and O–H groups in total. The Morgan fingerprint density at radius 1 is 1.10 bits per heavy atom. The number of fused-ring (bicyclic) bond motifs is 1. The van der Waals surface area contributed by atoms with E-state index in [1.165, 1.54) is 15.6 Å². The summed E-state index contributed by atoms with van der Waals surface area (Å²) in [5, 5.41) is 3.36. The van der Waals surface area contributed by atoms with Crippen molar-refractivity contribution in [2.24, 2.45) is 5.84 Å². The van der Waals surface area contributed by atoms with E-state index in [9.17, 15) is 0 Å². The molecule has 4 heteroatoms. The number of ether oxygens (including phenoxy) is 1. The largest absolute Gasteiger partial charge is 0.497 e. The smallest absolute Gasteiger partial charge is 0.118 e. The van der Waals surface area contributed by atoms with Crippen LogP contribution in [0, 0.1) is 0 Å². The highest BCUT2D eigenvalue weighted by atomic mass is 32.1. The molecule has 1 heterocycles. The average molecular weight is 284 g/mol. The van der Waals surface area contributed by atoms with Crippen molar-refractivity contribution in [1.82, 2.24) is 5.43 Å². The molecule has 0 saturated heterocycles. The summed E-state index contributed by atoms with van der Waals surface area (Å²) in [6.45, 7) is 0. The van der Waals surface area contributed by atoms with Gasteiger partial charge >= 0.3 is 0 Å². The van der Waals surface area contributed by atoms with Crippen LogP contribution in [-0.4, -0.2) is 7.11 Å². The van der Waals surface area contributed by atoms with Gasteiger partial charge in [-0.25, -0.2) is 5.43 Å². The molecule has 0 spiro atoms. The molecule has 0 bridgehead atoms. The van der Waals surface area contributed by atoms with Crippen molar-refractivity contribution in [3.05, 3.63) is 65.0 Å². The third-order valence-corrected chi connectivity index (χ3v) is 4.42. The van der Waals surface area contributed by atoms with Crippen molar-refractivity contribution < 1.29 is 4.74 Å². The molecular formula is C16H16N2OS. The molecule has 0 fully saturated rings. The fourth-order valence-corrected chi connectivity index (χ4v) is 3.35. The van der Waals surface area contributed by atoms with Crippen LogP contribution >= 0.6 is 11.3 Å². The van der Waals surface area contributed by atoms with Crippen LogP contribution in [0.3, 0.4) is 0 Å².